The molecule has 0 radical (unpaired) electrons. The Balaban J connectivity index is 1.54. The van der Waals surface area contributed by atoms with Gasteiger partial charge in [-0.3, -0.25) is 10.1 Å². The number of nitrogens with zero attached hydrogens (tertiary/aromatic N) is 3. The summed E-state index contributed by atoms with van der Waals surface area (Å²) in [5.74, 6) is 0.0314. The molecular formula is C25H31N5O6S2. The van der Waals surface area contributed by atoms with Gasteiger partial charge >= 0.3 is 0 Å². The molecule has 0 spiro atoms. The van der Waals surface area contributed by atoms with Crippen LogP contribution in [0.15, 0.2) is 46.4 Å². The lowest BCUT2D eigenvalue weighted by Crippen LogP contribution is -2.25. The number of sulfone groups is 1. The Hall–Kier alpha value is -3.13. The molecule has 3 aromatic rings. The summed E-state index contributed by atoms with van der Waals surface area (Å²) >= 11 is 1.20. The predicted octanol–water partition coefficient (Wildman–Crippen LogP) is 3.21. The number of hydrogen-bond acceptors (Lipinski definition) is 11. The summed E-state index contributed by atoms with van der Waals surface area (Å²) in [7, 11) is -1.95. The number of nitrogens with one attached hydrogen (secondary N) is 2. The quantitative estimate of drug-likeness (QED) is 0.162. The molecule has 2 aromatic heterocycles. The normalized spacial score (nSPS) is 14.6. The molecule has 2 heterocycles. The number of aliphatic hydroxyl groups is 1. The van der Waals surface area contributed by atoms with Gasteiger partial charge in [-0.25, -0.2) is 18.4 Å². The number of anilines is 2. The highest BCUT2D eigenvalue weighted by Gasteiger charge is 2.22. The molecule has 204 valence electrons. The van der Waals surface area contributed by atoms with Crippen molar-refractivity contribution in [2.45, 2.75) is 43.1 Å². The molecular weight excluding hydrogens is 530 g/mol. The zero-order valence-corrected chi connectivity index (χ0v) is 22.7. The molecule has 11 nitrogen and oxygen atoms in total. The first-order valence-electron chi connectivity index (χ1n) is 12.4. The summed E-state index contributed by atoms with van der Waals surface area (Å²) in [6.07, 6.45) is 4.16. The van der Waals surface area contributed by atoms with Gasteiger partial charge in [-0.1, -0.05) is 28.6 Å². The van der Waals surface area contributed by atoms with E-state index in [2.05, 4.69) is 25.8 Å². The Morgan fingerprint density at radius 2 is 1.92 bits per heavy atom. The lowest BCUT2D eigenvalue weighted by atomic mass is 10.1. The number of fused-ring (bicyclic) bond motifs is 1. The van der Waals surface area contributed by atoms with Crippen LogP contribution in [0.3, 0.4) is 0 Å². The van der Waals surface area contributed by atoms with Gasteiger partial charge in [0.15, 0.2) is 20.7 Å². The molecule has 1 saturated carbocycles. The average molecular weight is 562 g/mol. The fourth-order valence-corrected chi connectivity index (χ4v) is 6.10. The first-order valence-corrected chi connectivity index (χ1v) is 14.9. The molecule has 38 heavy (non-hydrogen) atoms. The van der Waals surface area contributed by atoms with Gasteiger partial charge in [-0.2, -0.15) is 0 Å². The van der Waals surface area contributed by atoms with Crippen LogP contribution < -0.4 is 10.6 Å². The number of methoxy groups -OCH3 is 1. The molecule has 0 saturated heterocycles. The zero-order chi connectivity index (χ0) is 27.0. The molecule has 4 rings (SSSR count). The highest BCUT2D eigenvalue weighted by Crippen LogP contribution is 2.26. The van der Waals surface area contributed by atoms with Gasteiger partial charge in [0.2, 0.25) is 0 Å². The topological polar surface area (TPSA) is 152 Å². The van der Waals surface area contributed by atoms with Crippen LogP contribution >= 0.6 is 11.3 Å². The number of thiazole rings is 1. The molecule has 1 aromatic carbocycles. The van der Waals surface area contributed by atoms with Crippen molar-refractivity contribution in [3.8, 4) is 0 Å². The lowest BCUT2D eigenvalue weighted by molar-refractivity contribution is -0.110. The summed E-state index contributed by atoms with van der Waals surface area (Å²) in [5.41, 5.74) is 1.06. The summed E-state index contributed by atoms with van der Waals surface area (Å²) in [4.78, 5) is 28.7. The zero-order valence-electron chi connectivity index (χ0n) is 21.1. The Labute approximate surface area is 225 Å². The minimum atomic E-state index is -3.48. The number of rotatable bonds is 13. The molecule has 1 aliphatic rings. The summed E-state index contributed by atoms with van der Waals surface area (Å²) in [6, 6.07) is 9.57. The van der Waals surface area contributed by atoms with E-state index >= 15 is 0 Å². The van der Waals surface area contributed by atoms with E-state index in [-0.39, 0.29) is 29.1 Å². The summed E-state index contributed by atoms with van der Waals surface area (Å²) in [5, 5.41) is 19.3. The molecule has 0 aliphatic heterocycles. The lowest BCUT2D eigenvalue weighted by Gasteiger charge is -2.11. The third-order valence-corrected chi connectivity index (χ3v) is 8.65. The first kappa shape index (κ1) is 27.9. The van der Waals surface area contributed by atoms with Gasteiger partial charge in [-0.15, -0.1) is 0 Å². The number of carbonyl (C=O) groups excluding carboxylic acids is 1. The maximum Gasteiger partial charge on any atom is 0.280 e. The predicted molar refractivity (Wildman–Crippen MR) is 146 cm³/mol. The van der Waals surface area contributed by atoms with E-state index in [1.165, 1.54) is 30.6 Å². The van der Waals surface area contributed by atoms with E-state index in [4.69, 9.17) is 14.7 Å². The van der Waals surface area contributed by atoms with Crippen molar-refractivity contribution < 1.29 is 27.9 Å². The van der Waals surface area contributed by atoms with Crippen LogP contribution in [0.5, 0.6) is 0 Å². The highest BCUT2D eigenvalue weighted by molar-refractivity contribution is 7.91. The Morgan fingerprint density at radius 1 is 1.16 bits per heavy atom. The van der Waals surface area contributed by atoms with Crippen molar-refractivity contribution in [1.82, 2.24) is 9.97 Å². The standard InChI is InChI=1S/C25H31N5O6S2/c1-35-15-4-16-38(33,34)19-9-7-17(8-10-19)22(30-36-18-5-2-3-6-18)23(32)29-25-27-20-11-12-21(26-13-14-31)28-24(20)37-25/h7-12,18,31H,2-6,13-16H2,1H3,(H,26,28)(H,27,29,32). The van der Waals surface area contributed by atoms with E-state index in [0.717, 1.165) is 25.7 Å². The minimum absolute atomic E-state index is 0.0184. The van der Waals surface area contributed by atoms with Crippen LogP contribution in [-0.2, 0) is 24.2 Å². The number of oxime groups is 1. The van der Waals surface area contributed by atoms with E-state index in [1.807, 2.05) is 0 Å². The number of ether oxygens (including phenoxy) is 1. The van der Waals surface area contributed by atoms with Crippen molar-refractivity contribution in [2.75, 3.05) is 43.3 Å². The van der Waals surface area contributed by atoms with Crippen LogP contribution in [0.1, 0.15) is 37.7 Å². The monoisotopic (exact) mass is 561 g/mol. The second kappa shape index (κ2) is 13.1. The summed E-state index contributed by atoms with van der Waals surface area (Å²) < 4.78 is 30.2. The Kier molecular flexibility index (Phi) is 9.61. The Morgan fingerprint density at radius 3 is 2.63 bits per heavy atom. The number of carbonyl (C=O) groups is 1. The minimum Gasteiger partial charge on any atom is -0.395 e. The maximum absolute atomic E-state index is 13.3. The average Bonchev–Trinajstić information content (AvgIpc) is 3.57. The number of hydrogen-bond donors (Lipinski definition) is 3. The highest BCUT2D eigenvalue weighted by atomic mass is 32.2. The second-order valence-electron chi connectivity index (χ2n) is 8.79. The van der Waals surface area contributed by atoms with Crippen molar-refractivity contribution in [1.29, 1.82) is 0 Å². The summed E-state index contributed by atoms with van der Waals surface area (Å²) in [6.45, 7) is 0.707. The van der Waals surface area contributed by atoms with E-state index in [0.29, 0.717) is 46.4 Å². The van der Waals surface area contributed by atoms with Crippen LogP contribution in [0.25, 0.3) is 10.3 Å². The van der Waals surface area contributed by atoms with E-state index < -0.39 is 15.7 Å². The molecule has 3 N–H and O–H groups in total. The molecule has 0 unspecified atom stereocenters. The second-order valence-corrected chi connectivity index (χ2v) is 11.9. The first-order chi connectivity index (χ1) is 18.4. The van der Waals surface area contributed by atoms with Crippen molar-refractivity contribution in [3.63, 3.8) is 0 Å². The van der Waals surface area contributed by atoms with Gasteiger partial charge in [0.05, 0.1) is 17.3 Å². The van der Waals surface area contributed by atoms with Gasteiger partial charge in [0, 0.05) is 25.8 Å². The smallest absolute Gasteiger partial charge is 0.280 e. The van der Waals surface area contributed by atoms with Crippen LogP contribution in [0, 0.1) is 0 Å². The van der Waals surface area contributed by atoms with Crippen molar-refractivity contribution in [3.05, 3.63) is 42.0 Å². The number of benzene rings is 1. The SMILES string of the molecule is COCCCS(=O)(=O)c1ccc(C(=NOC2CCCC2)C(=O)Nc2nc3ccc(NCCO)nc3s2)cc1. The fraction of sp³-hybridized carbons (Fsp3) is 0.440. The molecule has 0 atom stereocenters. The van der Waals surface area contributed by atoms with Gasteiger partial charge in [0.25, 0.3) is 5.91 Å². The number of amides is 1. The van der Waals surface area contributed by atoms with E-state index in [9.17, 15) is 13.2 Å². The molecule has 1 aliphatic carbocycles. The van der Waals surface area contributed by atoms with Crippen molar-refractivity contribution >= 4 is 54.1 Å². The molecule has 13 heteroatoms. The van der Waals surface area contributed by atoms with Crippen molar-refractivity contribution in [2.24, 2.45) is 5.16 Å². The largest absolute Gasteiger partial charge is 0.395 e. The van der Waals surface area contributed by atoms with Crippen LogP contribution in [0.2, 0.25) is 0 Å². The van der Waals surface area contributed by atoms with Crippen LogP contribution in [0.4, 0.5) is 10.9 Å². The van der Waals surface area contributed by atoms with Crippen LogP contribution in [-0.4, -0.2) is 73.8 Å². The van der Waals surface area contributed by atoms with Gasteiger partial charge < -0.3 is 20.0 Å². The number of aromatic nitrogens is 2. The molecule has 1 fully saturated rings. The van der Waals surface area contributed by atoms with E-state index in [1.54, 1.807) is 24.3 Å². The maximum atomic E-state index is 13.3. The Bertz CT molecular complexity index is 1370. The fourth-order valence-electron chi connectivity index (χ4n) is 3.99. The van der Waals surface area contributed by atoms with Gasteiger partial charge in [-0.05, 0) is 56.4 Å². The third kappa shape index (κ3) is 7.25. The molecule has 1 amide bonds. The molecule has 0 bridgehead atoms. The number of aliphatic hydroxyl groups excluding tert-OH is 1. The van der Waals surface area contributed by atoms with Gasteiger partial charge in [0.1, 0.15) is 22.3 Å². The third-order valence-electron chi connectivity index (χ3n) is 5.95. The number of pyridine rings is 1.